The Morgan fingerprint density at radius 1 is 1.62 bits per heavy atom. The second-order valence-corrected chi connectivity index (χ2v) is 3.57. The predicted octanol–water partition coefficient (Wildman–Crippen LogP) is 0.725. The van der Waals surface area contributed by atoms with E-state index in [0.717, 1.165) is 12.8 Å². The molecule has 0 aromatic carbocycles. The summed E-state index contributed by atoms with van der Waals surface area (Å²) in [6.07, 6.45) is 1.87. The number of hydrogen-bond donors (Lipinski definition) is 1. The molecule has 1 N–H and O–H groups in total. The van der Waals surface area contributed by atoms with E-state index in [-0.39, 0.29) is 49.4 Å². The van der Waals surface area contributed by atoms with Crippen molar-refractivity contribution in [3.05, 3.63) is 6.61 Å². The van der Waals surface area contributed by atoms with Crippen LogP contribution in [0.25, 0.3) is 0 Å². The molecule has 0 unspecified atom stereocenters. The van der Waals surface area contributed by atoms with Crippen molar-refractivity contribution < 1.29 is 45.7 Å². The molecule has 2 fully saturated rings. The standard InChI is InChI=1S/C9H15O3.U/c1-2-9-6-11-8(5-12-9)7(9)3-4-10;/h5,7-8,10H,2-4,6H2,1H3;/q-1;/t7-,8-,9-;/m0./s1. The molecule has 3 nitrogen and oxygen atoms in total. The molecule has 2 bridgehead atoms. The zero-order valence-corrected chi connectivity index (χ0v) is 12.0. The zero-order chi connectivity index (χ0) is 8.60. The summed E-state index contributed by atoms with van der Waals surface area (Å²) >= 11 is 0. The molecule has 0 spiro atoms. The molecule has 2 saturated heterocycles. The van der Waals surface area contributed by atoms with Crippen LogP contribution in [0.1, 0.15) is 19.8 Å². The molecule has 2 rings (SSSR count). The molecule has 0 amide bonds. The Labute approximate surface area is 103 Å². The van der Waals surface area contributed by atoms with Gasteiger partial charge in [0.05, 0.1) is 12.2 Å². The van der Waals surface area contributed by atoms with E-state index < -0.39 is 0 Å². The Hall–Kier alpha value is 0.932. The van der Waals surface area contributed by atoms with Crippen LogP contribution in [0.4, 0.5) is 0 Å². The molecule has 2 aliphatic rings. The largest absolute Gasteiger partial charge is 0.543 e. The molecule has 13 heavy (non-hydrogen) atoms. The zero-order valence-electron chi connectivity index (χ0n) is 7.82. The van der Waals surface area contributed by atoms with Gasteiger partial charge in [-0.15, -0.1) is 0 Å². The van der Waals surface area contributed by atoms with Crippen molar-refractivity contribution in [2.45, 2.75) is 31.5 Å². The first-order valence-corrected chi connectivity index (χ1v) is 4.56. The second kappa shape index (κ2) is 4.63. The maximum Gasteiger partial charge on any atom is 0.0700 e. The first-order valence-electron chi connectivity index (χ1n) is 4.56. The van der Waals surface area contributed by atoms with E-state index in [1.807, 2.05) is 0 Å². The number of fused-ring (bicyclic) bond motifs is 2. The first kappa shape index (κ1) is 12.0. The molecule has 0 aromatic heterocycles. The third-order valence-corrected chi connectivity index (χ3v) is 3.07. The summed E-state index contributed by atoms with van der Waals surface area (Å²) in [4.78, 5) is 0. The molecule has 0 aliphatic carbocycles. The molecule has 0 saturated carbocycles. The normalized spacial score (nSPS) is 42.0. The molecule has 0 aromatic rings. The fourth-order valence-corrected chi connectivity index (χ4v) is 2.23. The van der Waals surface area contributed by atoms with Gasteiger partial charge in [-0.25, -0.2) is 0 Å². The van der Waals surface area contributed by atoms with Crippen LogP contribution >= 0.6 is 0 Å². The third-order valence-electron chi connectivity index (χ3n) is 3.07. The Morgan fingerprint density at radius 2 is 2.38 bits per heavy atom. The number of ether oxygens (including phenoxy) is 2. The van der Waals surface area contributed by atoms with Crippen LogP contribution in [0.15, 0.2) is 0 Å². The van der Waals surface area contributed by atoms with Gasteiger partial charge in [-0.1, -0.05) is 6.92 Å². The number of aliphatic hydroxyl groups excluding tert-OH is 1. The van der Waals surface area contributed by atoms with Gasteiger partial charge in [-0.3, -0.25) is 0 Å². The number of rotatable bonds is 3. The number of aliphatic hydroxyl groups is 1. The molecule has 0 radical (unpaired) electrons. The summed E-state index contributed by atoms with van der Waals surface area (Å²) < 4.78 is 11.1. The molecule has 2 aliphatic heterocycles. The van der Waals surface area contributed by atoms with Crippen LogP contribution in [0.5, 0.6) is 0 Å². The summed E-state index contributed by atoms with van der Waals surface area (Å²) in [7, 11) is 0. The van der Waals surface area contributed by atoms with Gasteiger partial charge in [0.2, 0.25) is 0 Å². The summed E-state index contributed by atoms with van der Waals surface area (Å²) in [5.74, 6) is 0.368. The van der Waals surface area contributed by atoms with Crippen LogP contribution in [-0.2, 0) is 9.47 Å². The monoisotopic (exact) mass is 409 g/mol. The van der Waals surface area contributed by atoms with E-state index in [1.165, 1.54) is 0 Å². The molecule has 74 valence electrons. The van der Waals surface area contributed by atoms with Crippen molar-refractivity contribution >= 4 is 0 Å². The summed E-state index contributed by atoms with van der Waals surface area (Å²) in [6.45, 7) is 4.81. The predicted molar refractivity (Wildman–Crippen MR) is 43.3 cm³/mol. The minimum atomic E-state index is -0.118. The Kier molecular flexibility index (Phi) is 4.28. The fraction of sp³-hybridized carbons (Fsp3) is 0.889. The second-order valence-electron chi connectivity index (χ2n) is 3.57. The van der Waals surface area contributed by atoms with Crippen molar-refractivity contribution in [2.24, 2.45) is 5.92 Å². The summed E-state index contributed by atoms with van der Waals surface area (Å²) in [5, 5.41) is 8.87. The number of hydrogen-bond acceptors (Lipinski definition) is 3. The van der Waals surface area contributed by atoms with Gasteiger partial charge >= 0.3 is 0 Å². The van der Waals surface area contributed by atoms with Gasteiger partial charge < -0.3 is 14.6 Å². The van der Waals surface area contributed by atoms with E-state index in [0.29, 0.717) is 12.5 Å². The van der Waals surface area contributed by atoms with Gasteiger partial charge in [0.25, 0.3) is 0 Å². The van der Waals surface area contributed by atoms with E-state index >= 15 is 0 Å². The van der Waals surface area contributed by atoms with E-state index in [2.05, 4.69) is 6.92 Å². The van der Waals surface area contributed by atoms with E-state index in [1.54, 1.807) is 6.61 Å². The molecular weight excluding hydrogens is 394 g/mol. The van der Waals surface area contributed by atoms with Gasteiger partial charge in [-0.05, 0) is 24.9 Å². The Bertz CT molecular complexity index is 166. The topological polar surface area (TPSA) is 38.7 Å². The van der Waals surface area contributed by atoms with Crippen molar-refractivity contribution in [1.29, 1.82) is 0 Å². The minimum Gasteiger partial charge on any atom is -0.543 e. The van der Waals surface area contributed by atoms with Crippen molar-refractivity contribution in [1.82, 2.24) is 0 Å². The molecule has 3 atom stereocenters. The maximum atomic E-state index is 8.87. The summed E-state index contributed by atoms with van der Waals surface area (Å²) in [6, 6.07) is 0. The quantitative estimate of drug-likeness (QED) is 0.699. The SMILES string of the molecule is CC[C@@]12CO[C@@H]([CH-]O1)[C@@H]2CCO.[U]. The van der Waals surface area contributed by atoms with Crippen LogP contribution in [-0.4, -0.2) is 30.0 Å². The van der Waals surface area contributed by atoms with Crippen LogP contribution < -0.4 is 0 Å². The van der Waals surface area contributed by atoms with Gasteiger partial charge in [0.15, 0.2) is 0 Å². The average Bonchev–Trinajstić information content (AvgIpc) is 2.62. The van der Waals surface area contributed by atoms with Crippen molar-refractivity contribution in [3.8, 4) is 0 Å². The average molecular weight is 409 g/mol. The first-order chi connectivity index (χ1) is 5.82. The Morgan fingerprint density at radius 3 is 2.85 bits per heavy atom. The fourth-order valence-electron chi connectivity index (χ4n) is 2.23. The van der Waals surface area contributed by atoms with Gasteiger partial charge in [-0.2, -0.15) is 6.61 Å². The molecule has 2 heterocycles. The van der Waals surface area contributed by atoms with Crippen molar-refractivity contribution in [2.75, 3.05) is 13.2 Å². The van der Waals surface area contributed by atoms with Crippen molar-refractivity contribution in [3.63, 3.8) is 0 Å². The Balaban J connectivity index is 0.000000845. The van der Waals surface area contributed by atoms with E-state index in [9.17, 15) is 0 Å². The smallest absolute Gasteiger partial charge is 0.0700 e. The summed E-state index contributed by atoms with van der Waals surface area (Å²) in [5.41, 5.74) is -0.118. The molecular formula is C9H15O3U-. The minimum absolute atomic E-state index is 0. The van der Waals surface area contributed by atoms with Crippen LogP contribution in [0.2, 0.25) is 0 Å². The van der Waals surface area contributed by atoms with E-state index in [4.69, 9.17) is 14.6 Å². The van der Waals surface area contributed by atoms with Gasteiger partial charge in [0, 0.05) is 37.7 Å². The maximum absolute atomic E-state index is 8.87. The van der Waals surface area contributed by atoms with Crippen LogP contribution in [0, 0.1) is 43.6 Å². The van der Waals surface area contributed by atoms with Crippen LogP contribution in [0.3, 0.4) is 0 Å². The molecule has 4 heteroatoms. The van der Waals surface area contributed by atoms with Gasteiger partial charge in [0.1, 0.15) is 0 Å². The third kappa shape index (κ3) is 1.85.